The molecule has 24 heavy (non-hydrogen) atoms. The van der Waals surface area contributed by atoms with Gasteiger partial charge in [-0.1, -0.05) is 26.0 Å². The molecule has 1 heterocycles. The van der Waals surface area contributed by atoms with Crippen LogP contribution in [0.25, 0.3) is 10.2 Å². The second-order valence-corrected chi connectivity index (χ2v) is 7.69. The highest BCUT2D eigenvalue weighted by Gasteiger charge is 2.30. The SMILES string of the molecule is CC(C)[C@@](C)(C#N)NC(=O)CN(C)[C@@H](C)c1nc2ccccc2s1. The molecule has 0 aliphatic heterocycles. The zero-order valence-electron chi connectivity index (χ0n) is 14.8. The summed E-state index contributed by atoms with van der Waals surface area (Å²) in [4.78, 5) is 18.9. The van der Waals surface area contributed by atoms with E-state index in [0.717, 1.165) is 15.2 Å². The molecule has 6 heteroatoms. The first-order valence-electron chi connectivity index (χ1n) is 8.05. The Labute approximate surface area is 147 Å². The number of nitriles is 1. The summed E-state index contributed by atoms with van der Waals surface area (Å²) in [6.45, 7) is 7.87. The van der Waals surface area contributed by atoms with Crippen LogP contribution in [0.1, 0.15) is 38.7 Å². The quantitative estimate of drug-likeness (QED) is 0.872. The van der Waals surface area contributed by atoms with Crippen LogP contribution in [0.3, 0.4) is 0 Å². The van der Waals surface area contributed by atoms with E-state index in [1.807, 2.05) is 50.9 Å². The number of fused-ring (bicyclic) bond motifs is 1. The number of carbonyl (C=O) groups excluding carboxylic acids is 1. The van der Waals surface area contributed by atoms with Crippen molar-refractivity contribution in [1.82, 2.24) is 15.2 Å². The second kappa shape index (κ2) is 7.29. The maximum absolute atomic E-state index is 12.3. The van der Waals surface area contributed by atoms with Crippen LogP contribution in [0.2, 0.25) is 0 Å². The Morgan fingerprint density at radius 3 is 2.67 bits per heavy atom. The molecule has 0 saturated heterocycles. The van der Waals surface area contributed by atoms with Gasteiger partial charge in [0, 0.05) is 0 Å². The zero-order chi connectivity index (χ0) is 17.9. The van der Waals surface area contributed by atoms with Gasteiger partial charge in [0.25, 0.3) is 0 Å². The van der Waals surface area contributed by atoms with Gasteiger partial charge in [-0.2, -0.15) is 5.26 Å². The lowest BCUT2D eigenvalue weighted by molar-refractivity contribution is -0.124. The minimum Gasteiger partial charge on any atom is -0.337 e. The molecule has 1 aromatic heterocycles. The van der Waals surface area contributed by atoms with Crippen LogP contribution in [0, 0.1) is 17.2 Å². The van der Waals surface area contributed by atoms with Crippen molar-refractivity contribution in [2.24, 2.45) is 5.92 Å². The number of para-hydroxylation sites is 1. The van der Waals surface area contributed by atoms with Crippen LogP contribution in [0.15, 0.2) is 24.3 Å². The van der Waals surface area contributed by atoms with E-state index in [1.165, 1.54) is 0 Å². The molecule has 0 radical (unpaired) electrons. The van der Waals surface area contributed by atoms with Crippen LogP contribution in [0.4, 0.5) is 0 Å². The monoisotopic (exact) mass is 344 g/mol. The highest BCUT2D eigenvalue weighted by Crippen LogP contribution is 2.28. The zero-order valence-corrected chi connectivity index (χ0v) is 15.6. The van der Waals surface area contributed by atoms with E-state index in [9.17, 15) is 10.1 Å². The summed E-state index contributed by atoms with van der Waals surface area (Å²) in [6.07, 6.45) is 0. The number of likely N-dealkylation sites (N-methyl/N-ethyl adjacent to an activating group) is 1. The smallest absolute Gasteiger partial charge is 0.235 e. The summed E-state index contributed by atoms with van der Waals surface area (Å²) in [5, 5.41) is 13.2. The Kier molecular flexibility index (Phi) is 5.58. The second-order valence-electron chi connectivity index (χ2n) is 6.63. The molecule has 2 aromatic rings. The standard InChI is InChI=1S/C18H24N4OS/c1-12(2)18(4,11-19)21-16(23)10-22(5)13(3)17-20-14-8-6-7-9-15(14)24-17/h6-9,12-13H,10H2,1-5H3,(H,21,23)/t13-,18+/m0/s1. The van der Waals surface area contributed by atoms with Gasteiger partial charge in [0.15, 0.2) is 0 Å². The first kappa shape index (κ1) is 18.4. The number of benzene rings is 1. The number of thiazole rings is 1. The van der Waals surface area contributed by atoms with E-state index >= 15 is 0 Å². The molecule has 0 aliphatic carbocycles. The van der Waals surface area contributed by atoms with Gasteiger partial charge in [-0.25, -0.2) is 4.98 Å². The summed E-state index contributed by atoms with van der Waals surface area (Å²) in [7, 11) is 1.90. The van der Waals surface area contributed by atoms with Crippen LogP contribution >= 0.6 is 11.3 Å². The van der Waals surface area contributed by atoms with Gasteiger partial charge in [-0.05, 0) is 38.9 Å². The van der Waals surface area contributed by atoms with E-state index < -0.39 is 5.54 Å². The molecule has 2 atom stereocenters. The number of nitrogens with one attached hydrogen (secondary N) is 1. The van der Waals surface area contributed by atoms with E-state index in [4.69, 9.17) is 0 Å². The third kappa shape index (κ3) is 3.92. The van der Waals surface area contributed by atoms with Crippen molar-refractivity contribution >= 4 is 27.5 Å². The molecule has 0 bridgehead atoms. The fourth-order valence-corrected chi connectivity index (χ4v) is 3.34. The number of aromatic nitrogens is 1. The van der Waals surface area contributed by atoms with Crippen molar-refractivity contribution in [1.29, 1.82) is 5.26 Å². The molecule has 5 nitrogen and oxygen atoms in total. The normalized spacial score (nSPS) is 15.2. The summed E-state index contributed by atoms with van der Waals surface area (Å²) in [5.41, 5.74) is 0.135. The molecule has 2 rings (SSSR count). The highest BCUT2D eigenvalue weighted by atomic mass is 32.1. The lowest BCUT2D eigenvalue weighted by atomic mass is 9.90. The number of amides is 1. The molecular formula is C18H24N4OS. The van der Waals surface area contributed by atoms with Crippen molar-refractivity contribution < 1.29 is 4.79 Å². The highest BCUT2D eigenvalue weighted by molar-refractivity contribution is 7.18. The maximum Gasteiger partial charge on any atom is 0.235 e. The first-order valence-corrected chi connectivity index (χ1v) is 8.86. The fraction of sp³-hybridized carbons (Fsp3) is 0.500. The number of hydrogen-bond donors (Lipinski definition) is 1. The molecule has 0 aliphatic rings. The Balaban J connectivity index is 2.04. The predicted molar refractivity (Wildman–Crippen MR) is 97.7 cm³/mol. The minimum atomic E-state index is -0.850. The number of hydrogen-bond acceptors (Lipinski definition) is 5. The van der Waals surface area contributed by atoms with Crippen LogP contribution < -0.4 is 5.32 Å². The number of nitrogens with zero attached hydrogens (tertiary/aromatic N) is 3. The summed E-state index contributed by atoms with van der Waals surface area (Å²) < 4.78 is 1.15. The molecule has 1 aromatic carbocycles. The van der Waals surface area contributed by atoms with E-state index in [-0.39, 0.29) is 24.4 Å². The molecular weight excluding hydrogens is 320 g/mol. The number of rotatable bonds is 6. The average Bonchev–Trinajstić information content (AvgIpc) is 2.97. The van der Waals surface area contributed by atoms with Gasteiger partial charge in [0.05, 0.1) is 28.9 Å². The van der Waals surface area contributed by atoms with Crippen LogP contribution in [-0.4, -0.2) is 34.9 Å². The molecule has 1 amide bonds. The topological polar surface area (TPSA) is 69.0 Å². The molecule has 1 N–H and O–H groups in total. The van der Waals surface area contributed by atoms with Gasteiger partial charge in [0.1, 0.15) is 10.5 Å². The van der Waals surface area contributed by atoms with Crippen molar-refractivity contribution in [3.63, 3.8) is 0 Å². The van der Waals surface area contributed by atoms with Crippen molar-refractivity contribution in [2.75, 3.05) is 13.6 Å². The Bertz CT molecular complexity index is 731. The van der Waals surface area contributed by atoms with Gasteiger partial charge >= 0.3 is 0 Å². The van der Waals surface area contributed by atoms with Gasteiger partial charge < -0.3 is 5.32 Å². The first-order chi connectivity index (χ1) is 11.3. The summed E-state index contributed by atoms with van der Waals surface area (Å²) >= 11 is 1.65. The molecule has 0 unspecified atom stereocenters. The molecule has 0 spiro atoms. The third-order valence-corrected chi connectivity index (χ3v) is 5.71. The van der Waals surface area contributed by atoms with Crippen molar-refractivity contribution in [3.05, 3.63) is 29.3 Å². The lowest BCUT2D eigenvalue weighted by Gasteiger charge is -2.29. The Morgan fingerprint density at radius 2 is 2.08 bits per heavy atom. The Hall–Kier alpha value is -1.97. The van der Waals surface area contributed by atoms with Crippen LogP contribution in [0.5, 0.6) is 0 Å². The van der Waals surface area contributed by atoms with Crippen molar-refractivity contribution in [2.45, 2.75) is 39.3 Å². The largest absolute Gasteiger partial charge is 0.337 e. The average molecular weight is 344 g/mol. The summed E-state index contributed by atoms with van der Waals surface area (Å²) in [6, 6.07) is 10.3. The minimum absolute atomic E-state index is 0.0283. The molecule has 0 saturated carbocycles. The fourth-order valence-electron chi connectivity index (χ4n) is 2.25. The van der Waals surface area contributed by atoms with E-state index in [2.05, 4.69) is 22.4 Å². The third-order valence-electron chi connectivity index (χ3n) is 4.51. The lowest BCUT2D eigenvalue weighted by Crippen LogP contribution is -2.51. The van der Waals surface area contributed by atoms with E-state index in [1.54, 1.807) is 18.3 Å². The van der Waals surface area contributed by atoms with Crippen LogP contribution in [-0.2, 0) is 4.79 Å². The molecule has 0 fully saturated rings. The van der Waals surface area contributed by atoms with E-state index in [0.29, 0.717) is 0 Å². The molecule has 128 valence electrons. The van der Waals surface area contributed by atoms with Gasteiger partial charge in [-0.15, -0.1) is 11.3 Å². The predicted octanol–water partition coefficient (Wildman–Crippen LogP) is 3.34. The van der Waals surface area contributed by atoms with Gasteiger partial charge in [0.2, 0.25) is 5.91 Å². The summed E-state index contributed by atoms with van der Waals surface area (Å²) in [5.74, 6) is -0.110. The van der Waals surface area contributed by atoms with Crippen molar-refractivity contribution in [3.8, 4) is 6.07 Å². The maximum atomic E-state index is 12.3. The Morgan fingerprint density at radius 1 is 1.42 bits per heavy atom. The number of carbonyl (C=O) groups is 1. The van der Waals surface area contributed by atoms with Gasteiger partial charge in [-0.3, -0.25) is 9.69 Å².